The van der Waals surface area contributed by atoms with Crippen molar-refractivity contribution in [2.45, 2.75) is 31.7 Å². The molecule has 2 N–H and O–H groups in total. The van der Waals surface area contributed by atoms with Gasteiger partial charge in [0.25, 0.3) is 0 Å². The number of nitrogens with zero attached hydrogens (tertiary/aromatic N) is 2. The van der Waals surface area contributed by atoms with Crippen LogP contribution >= 0.6 is 0 Å². The predicted octanol–water partition coefficient (Wildman–Crippen LogP) is 1.92. The Morgan fingerprint density at radius 1 is 1.50 bits per heavy atom. The molecule has 2 rings (SSSR count). The van der Waals surface area contributed by atoms with Crippen LogP contribution in [0.4, 0.5) is 5.69 Å². The third kappa shape index (κ3) is 3.31. The molecule has 2 atom stereocenters. The molecule has 1 aliphatic heterocycles. The first kappa shape index (κ1) is 14.9. The Kier molecular flexibility index (Phi) is 4.65. The lowest BCUT2D eigenvalue weighted by Crippen LogP contribution is -2.48. The smallest absolute Gasteiger partial charge is 0.229 e. The van der Waals surface area contributed by atoms with E-state index in [1.165, 1.54) is 0 Å². The predicted molar refractivity (Wildman–Crippen MR) is 82.6 cm³/mol. The number of anilines is 1. The lowest BCUT2D eigenvalue weighted by Gasteiger charge is -2.37. The second-order valence-electron chi connectivity index (χ2n) is 5.90. The number of nitrogens with two attached hydrogens (primary N) is 1. The summed E-state index contributed by atoms with van der Waals surface area (Å²) in [5, 5.41) is 0. The zero-order valence-electron chi connectivity index (χ0n) is 12.7. The molecule has 0 aromatic heterocycles. The summed E-state index contributed by atoms with van der Waals surface area (Å²) in [7, 11) is 4.04. The molecule has 4 heteroatoms. The second-order valence-corrected chi connectivity index (χ2v) is 5.90. The zero-order chi connectivity index (χ0) is 14.7. The number of amides is 1. The van der Waals surface area contributed by atoms with Crippen molar-refractivity contribution in [1.82, 2.24) is 9.80 Å². The molecule has 1 aromatic carbocycles. The maximum absolute atomic E-state index is 12.6. The first-order chi connectivity index (χ1) is 9.49. The molecule has 1 saturated heterocycles. The van der Waals surface area contributed by atoms with Crippen LogP contribution in [0.2, 0.25) is 0 Å². The van der Waals surface area contributed by atoms with Crippen LogP contribution < -0.4 is 5.73 Å². The van der Waals surface area contributed by atoms with Gasteiger partial charge in [-0.05, 0) is 51.1 Å². The summed E-state index contributed by atoms with van der Waals surface area (Å²) in [4.78, 5) is 16.8. The van der Waals surface area contributed by atoms with Crippen molar-refractivity contribution >= 4 is 11.6 Å². The van der Waals surface area contributed by atoms with Gasteiger partial charge >= 0.3 is 0 Å². The molecule has 1 aliphatic rings. The summed E-state index contributed by atoms with van der Waals surface area (Å²) in [6.07, 6.45) is 2.25. The van der Waals surface area contributed by atoms with E-state index in [-0.39, 0.29) is 11.8 Å². The Bertz CT molecular complexity index is 475. The van der Waals surface area contributed by atoms with Crippen molar-refractivity contribution in [3.8, 4) is 0 Å². The molecule has 0 spiro atoms. The minimum Gasteiger partial charge on any atom is -0.399 e. The molecular weight excluding hydrogens is 250 g/mol. The topological polar surface area (TPSA) is 49.6 Å². The molecule has 0 saturated carbocycles. The first-order valence-corrected chi connectivity index (χ1v) is 7.29. The van der Waals surface area contributed by atoms with Crippen LogP contribution in [0.1, 0.15) is 31.2 Å². The fraction of sp³-hybridized carbons (Fsp3) is 0.562. The number of benzene rings is 1. The van der Waals surface area contributed by atoms with Gasteiger partial charge in [-0.2, -0.15) is 0 Å². The Balaban J connectivity index is 2.06. The minimum absolute atomic E-state index is 0.143. The summed E-state index contributed by atoms with van der Waals surface area (Å²) in [5.41, 5.74) is 7.50. The van der Waals surface area contributed by atoms with Gasteiger partial charge < -0.3 is 15.5 Å². The van der Waals surface area contributed by atoms with Crippen LogP contribution in [0.3, 0.4) is 0 Å². The van der Waals surface area contributed by atoms with Crippen LogP contribution in [0.5, 0.6) is 0 Å². The molecule has 1 amide bonds. The van der Waals surface area contributed by atoms with E-state index in [0.29, 0.717) is 11.7 Å². The van der Waals surface area contributed by atoms with Crippen LogP contribution in [0.25, 0.3) is 0 Å². The molecule has 4 nitrogen and oxygen atoms in total. The van der Waals surface area contributed by atoms with Crippen LogP contribution in [-0.2, 0) is 4.79 Å². The zero-order valence-corrected chi connectivity index (χ0v) is 12.7. The quantitative estimate of drug-likeness (QED) is 0.858. The van der Waals surface area contributed by atoms with E-state index in [0.717, 1.165) is 31.5 Å². The SMILES string of the molecule is CC(C(=O)N(C)C1CCCN(C)C1)c1cccc(N)c1. The van der Waals surface area contributed by atoms with E-state index in [9.17, 15) is 4.79 Å². The lowest BCUT2D eigenvalue weighted by molar-refractivity contribution is -0.134. The molecule has 1 aromatic rings. The van der Waals surface area contributed by atoms with Crippen LogP contribution in [-0.4, -0.2) is 48.9 Å². The highest BCUT2D eigenvalue weighted by atomic mass is 16.2. The number of carbonyl (C=O) groups is 1. The molecule has 0 bridgehead atoms. The van der Waals surface area contributed by atoms with Crippen molar-refractivity contribution in [3.63, 3.8) is 0 Å². The van der Waals surface area contributed by atoms with Crippen molar-refractivity contribution in [2.75, 3.05) is 32.9 Å². The fourth-order valence-electron chi connectivity index (χ4n) is 2.91. The van der Waals surface area contributed by atoms with Crippen molar-refractivity contribution in [2.24, 2.45) is 0 Å². The molecule has 0 radical (unpaired) electrons. The van der Waals surface area contributed by atoms with Gasteiger partial charge in [-0.15, -0.1) is 0 Å². The summed E-state index contributed by atoms with van der Waals surface area (Å²) in [6, 6.07) is 7.94. The second kappa shape index (κ2) is 6.27. The molecule has 2 unspecified atom stereocenters. The molecule has 0 aliphatic carbocycles. The molecule has 1 fully saturated rings. The summed E-state index contributed by atoms with van der Waals surface area (Å²) in [5.74, 6) is 0.0339. The molecule has 20 heavy (non-hydrogen) atoms. The van der Waals surface area contributed by atoms with E-state index < -0.39 is 0 Å². The highest BCUT2D eigenvalue weighted by Crippen LogP contribution is 2.22. The average molecular weight is 275 g/mol. The Hall–Kier alpha value is -1.55. The average Bonchev–Trinajstić information content (AvgIpc) is 2.45. The first-order valence-electron chi connectivity index (χ1n) is 7.29. The largest absolute Gasteiger partial charge is 0.399 e. The van der Waals surface area contributed by atoms with Gasteiger partial charge in [0.1, 0.15) is 0 Å². The van der Waals surface area contributed by atoms with Crippen molar-refractivity contribution in [1.29, 1.82) is 0 Å². The van der Waals surface area contributed by atoms with Gasteiger partial charge in [0, 0.05) is 25.3 Å². The number of likely N-dealkylation sites (tertiary alicyclic amines) is 1. The van der Waals surface area contributed by atoms with E-state index in [1.54, 1.807) is 0 Å². The monoisotopic (exact) mass is 275 g/mol. The Morgan fingerprint density at radius 3 is 2.90 bits per heavy atom. The summed E-state index contributed by atoms with van der Waals surface area (Å²) in [6.45, 7) is 4.05. The van der Waals surface area contributed by atoms with Crippen LogP contribution in [0, 0.1) is 0 Å². The number of hydrogen-bond acceptors (Lipinski definition) is 3. The van der Waals surface area contributed by atoms with E-state index in [2.05, 4.69) is 11.9 Å². The van der Waals surface area contributed by atoms with E-state index >= 15 is 0 Å². The molecular formula is C16H25N3O. The maximum atomic E-state index is 12.6. The van der Waals surface area contributed by atoms with E-state index in [4.69, 9.17) is 5.73 Å². The fourth-order valence-corrected chi connectivity index (χ4v) is 2.91. The van der Waals surface area contributed by atoms with Crippen molar-refractivity contribution < 1.29 is 4.79 Å². The minimum atomic E-state index is -0.143. The third-order valence-electron chi connectivity index (χ3n) is 4.28. The highest BCUT2D eigenvalue weighted by molar-refractivity contribution is 5.83. The number of rotatable bonds is 3. The number of nitrogen functional groups attached to an aromatic ring is 1. The number of hydrogen-bond donors (Lipinski definition) is 1. The number of piperidine rings is 1. The van der Waals surface area contributed by atoms with Crippen molar-refractivity contribution in [3.05, 3.63) is 29.8 Å². The summed E-state index contributed by atoms with van der Waals surface area (Å²) < 4.78 is 0. The van der Waals surface area contributed by atoms with Crippen LogP contribution in [0.15, 0.2) is 24.3 Å². The maximum Gasteiger partial charge on any atom is 0.229 e. The Labute approximate surface area is 121 Å². The van der Waals surface area contributed by atoms with E-state index in [1.807, 2.05) is 43.1 Å². The standard InChI is InChI=1S/C16H25N3O/c1-12(13-6-4-7-14(17)10-13)16(20)19(3)15-8-5-9-18(2)11-15/h4,6-7,10,12,15H,5,8-9,11,17H2,1-3H3. The number of likely N-dealkylation sites (N-methyl/N-ethyl adjacent to an activating group) is 2. The van der Waals surface area contributed by atoms with Gasteiger partial charge in [0.15, 0.2) is 0 Å². The van der Waals surface area contributed by atoms with Gasteiger partial charge in [-0.25, -0.2) is 0 Å². The van der Waals surface area contributed by atoms with Gasteiger partial charge in [-0.3, -0.25) is 4.79 Å². The normalized spacial score (nSPS) is 21.4. The summed E-state index contributed by atoms with van der Waals surface area (Å²) >= 11 is 0. The Morgan fingerprint density at radius 2 is 2.25 bits per heavy atom. The highest BCUT2D eigenvalue weighted by Gasteiger charge is 2.27. The lowest BCUT2D eigenvalue weighted by atomic mass is 9.97. The molecule has 110 valence electrons. The van der Waals surface area contributed by atoms with Gasteiger partial charge in [0.05, 0.1) is 5.92 Å². The van der Waals surface area contributed by atoms with Gasteiger partial charge in [0.2, 0.25) is 5.91 Å². The van der Waals surface area contributed by atoms with Gasteiger partial charge in [-0.1, -0.05) is 12.1 Å². The number of carbonyl (C=O) groups excluding carboxylic acids is 1. The molecule has 1 heterocycles. The third-order valence-corrected chi connectivity index (χ3v) is 4.28.